The third-order valence-electron chi connectivity index (χ3n) is 1.21. The molecule has 0 rings (SSSR count). The Morgan fingerprint density at radius 1 is 0.714 bits per heavy atom. The van der Waals surface area contributed by atoms with Gasteiger partial charge in [-0.2, -0.15) is 0 Å². The fraction of sp³-hybridized carbons (Fsp3) is 0.667. The quantitative estimate of drug-likeness (QED) is 0.506. The Morgan fingerprint density at radius 2 is 0.929 bits per heavy atom. The van der Waals surface area contributed by atoms with Gasteiger partial charge in [-0.3, -0.25) is 0 Å². The fourth-order valence-corrected chi connectivity index (χ4v) is 0.721. The number of hydrogen-bond donors (Lipinski definition) is 0. The molecule has 0 N–H and O–H groups in total. The molecule has 0 heterocycles. The minimum atomic E-state index is 0.769. The summed E-state index contributed by atoms with van der Waals surface area (Å²) in [7, 11) is 3.25. The first kappa shape index (κ1) is 18.8. The van der Waals surface area contributed by atoms with Crippen molar-refractivity contribution in [3.05, 3.63) is 23.7 Å². The van der Waals surface area contributed by atoms with Crippen molar-refractivity contribution in [1.82, 2.24) is 0 Å². The lowest BCUT2D eigenvalue weighted by Gasteiger charge is -2.07. The number of hydrogen-bond acceptors (Lipinski definition) is 2. The average molecular weight is 202 g/mol. The van der Waals surface area contributed by atoms with E-state index < -0.39 is 0 Å². The van der Waals surface area contributed by atoms with Crippen LogP contribution in [0.15, 0.2) is 23.7 Å². The summed E-state index contributed by atoms with van der Waals surface area (Å²) in [5, 5.41) is 0. The Kier molecular flexibility index (Phi) is 24.1. The molecule has 0 unspecified atom stereocenters. The van der Waals surface area contributed by atoms with Crippen LogP contribution >= 0.6 is 0 Å². The molecule has 0 saturated heterocycles. The highest BCUT2D eigenvalue weighted by atomic mass is 16.5. The lowest BCUT2D eigenvalue weighted by Crippen LogP contribution is -1.93. The Balaban J connectivity index is -0.000000266. The molecule has 14 heavy (non-hydrogen) atoms. The van der Waals surface area contributed by atoms with Crippen LogP contribution in [0.1, 0.15) is 41.5 Å². The number of ether oxygens (including phenoxy) is 2. The second kappa shape index (κ2) is 18.0. The molecule has 0 aliphatic carbocycles. The minimum absolute atomic E-state index is 0.769. The molecule has 0 atom stereocenters. The van der Waals surface area contributed by atoms with E-state index in [1.165, 1.54) is 0 Å². The smallest absolute Gasteiger partial charge is 0.156 e. The summed E-state index contributed by atoms with van der Waals surface area (Å²) in [5.74, 6) is 1.54. The predicted octanol–water partition coefficient (Wildman–Crippen LogP) is 4.14. The van der Waals surface area contributed by atoms with E-state index in [4.69, 9.17) is 9.47 Å². The van der Waals surface area contributed by atoms with E-state index in [-0.39, 0.29) is 0 Å². The van der Waals surface area contributed by atoms with Gasteiger partial charge >= 0.3 is 0 Å². The largest absolute Gasteiger partial charge is 0.493 e. The maximum atomic E-state index is 5.01. The highest BCUT2D eigenvalue weighted by Crippen LogP contribution is 2.09. The van der Waals surface area contributed by atoms with Crippen LogP contribution in [0.2, 0.25) is 0 Å². The van der Waals surface area contributed by atoms with Gasteiger partial charge in [-0.05, 0) is 26.0 Å². The van der Waals surface area contributed by atoms with Crippen LogP contribution < -0.4 is 0 Å². The van der Waals surface area contributed by atoms with Crippen molar-refractivity contribution < 1.29 is 9.47 Å². The second-order valence-corrected chi connectivity index (χ2v) is 1.71. The first-order chi connectivity index (χ1) is 6.79. The Morgan fingerprint density at radius 3 is 1.00 bits per heavy atom. The third-order valence-corrected chi connectivity index (χ3v) is 1.21. The molecule has 0 bridgehead atoms. The first-order valence-corrected chi connectivity index (χ1v) is 5.21. The summed E-state index contributed by atoms with van der Waals surface area (Å²) in [6.07, 6.45) is 3.72. The highest BCUT2D eigenvalue weighted by molar-refractivity contribution is 5.18. The number of rotatable bonds is 3. The Bertz CT molecular complexity index is 128. The monoisotopic (exact) mass is 202 g/mol. The summed E-state index contributed by atoms with van der Waals surface area (Å²) >= 11 is 0. The van der Waals surface area contributed by atoms with Gasteiger partial charge in [0.1, 0.15) is 0 Å². The van der Waals surface area contributed by atoms with Crippen LogP contribution in [0.4, 0.5) is 0 Å². The lowest BCUT2D eigenvalue weighted by molar-refractivity contribution is 0.219. The molecule has 0 aromatic rings. The maximum absolute atomic E-state index is 5.01. The third kappa shape index (κ3) is 9.17. The zero-order valence-electron chi connectivity index (χ0n) is 11.0. The zero-order chi connectivity index (χ0) is 12.0. The van der Waals surface area contributed by atoms with E-state index in [1.807, 2.05) is 53.7 Å². The molecule has 0 radical (unpaired) electrons. The number of methoxy groups -OCH3 is 2. The van der Waals surface area contributed by atoms with Crippen LogP contribution in [0.3, 0.4) is 0 Å². The molecule has 0 spiro atoms. The van der Waals surface area contributed by atoms with Crippen LogP contribution in [0.25, 0.3) is 0 Å². The van der Waals surface area contributed by atoms with E-state index in [1.54, 1.807) is 14.2 Å². The first-order valence-electron chi connectivity index (χ1n) is 5.21. The maximum Gasteiger partial charge on any atom is 0.156 e. The molecule has 2 nitrogen and oxygen atoms in total. The van der Waals surface area contributed by atoms with Crippen molar-refractivity contribution in [2.24, 2.45) is 0 Å². The molecular weight excluding hydrogens is 176 g/mol. The SMILES string of the molecule is C/C=C(OC)\C(=C/C)OC.CC.CC. The van der Waals surface area contributed by atoms with Gasteiger partial charge in [0, 0.05) is 0 Å². The van der Waals surface area contributed by atoms with E-state index in [0.717, 1.165) is 11.5 Å². The Labute approximate surface area is 89.6 Å². The summed E-state index contributed by atoms with van der Waals surface area (Å²) in [5.41, 5.74) is 0. The molecule has 0 fully saturated rings. The normalized spacial score (nSPS) is 10.3. The highest BCUT2D eigenvalue weighted by Gasteiger charge is 1.99. The fourth-order valence-electron chi connectivity index (χ4n) is 0.721. The van der Waals surface area contributed by atoms with Gasteiger partial charge in [0.2, 0.25) is 0 Å². The summed E-state index contributed by atoms with van der Waals surface area (Å²) in [4.78, 5) is 0. The average Bonchev–Trinajstić information content (AvgIpc) is 2.31. The molecule has 86 valence electrons. The van der Waals surface area contributed by atoms with Crippen molar-refractivity contribution in [1.29, 1.82) is 0 Å². The van der Waals surface area contributed by atoms with Gasteiger partial charge in [-0.25, -0.2) is 0 Å². The summed E-state index contributed by atoms with van der Waals surface area (Å²) < 4.78 is 10.0. The van der Waals surface area contributed by atoms with E-state index >= 15 is 0 Å². The van der Waals surface area contributed by atoms with Gasteiger partial charge in [-0.15, -0.1) is 0 Å². The topological polar surface area (TPSA) is 18.5 Å². The minimum Gasteiger partial charge on any atom is -0.493 e. The zero-order valence-corrected chi connectivity index (χ0v) is 11.0. The van der Waals surface area contributed by atoms with Gasteiger partial charge in [0.15, 0.2) is 11.5 Å². The molecule has 0 saturated carbocycles. The molecule has 0 aromatic carbocycles. The molecular formula is C12H26O2. The molecule has 0 aromatic heterocycles. The van der Waals surface area contributed by atoms with E-state index in [0.29, 0.717) is 0 Å². The van der Waals surface area contributed by atoms with Crippen molar-refractivity contribution in [3.8, 4) is 0 Å². The molecule has 2 heteroatoms. The van der Waals surface area contributed by atoms with Crippen molar-refractivity contribution in [2.45, 2.75) is 41.5 Å². The van der Waals surface area contributed by atoms with Crippen LogP contribution in [-0.4, -0.2) is 14.2 Å². The van der Waals surface area contributed by atoms with Crippen molar-refractivity contribution in [3.63, 3.8) is 0 Å². The standard InChI is InChI=1S/C8H14O2.2C2H6/c1-5-7(9-3)8(6-2)10-4;2*1-2/h5-6H,1-4H3;2*1-2H3/b7-5+,8-6+;;. The van der Waals surface area contributed by atoms with Gasteiger partial charge < -0.3 is 9.47 Å². The summed E-state index contributed by atoms with van der Waals surface area (Å²) in [6, 6.07) is 0. The number of allylic oxidation sites excluding steroid dienone is 2. The van der Waals surface area contributed by atoms with Gasteiger partial charge in [-0.1, -0.05) is 27.7 Å². The van der Waals surface area contributed by atoms with Gasteiger partial charge in [0.25, 0.3) is 0 Å². The van der Waals surface area contributed by atoms with Crippen LogP contribution in [0, 0.1) is 0 Å². The lowest BCUT2D eigenvalue weighted by atomic mass is 10.3. The second-order valence-electron chi connectivity index (χ2n) is 1.71. The van der Waals surface area contributed by atoms with Crippen LogP contribution in [0.5, 0.6) is 0 Å². The summed E-state index contributed by atoms with van der Waals surface area (Å²) in [6.45, 7) is 11.8. The molecule has 0 aliphatic heterocycles. The van der Waals surface area contributed by atoms with Crippen LogP contribution in [-0.2, 0) is 9.47 Å². The van der Waals surface area contributed by atoms with Crippen molar-refractivity contribution >= 4 is 0 Å². The van der Waals surface area contributed by atoms with E-state index in [2.05, 4.69) is 0 Å². The Hall–Kier alpha value is -0.920. The van der Waals surface area contributed by atoms with Gasteiger partial charge in [0.05, 0.1) is 14.2 Å². The van der Waals surface area contributed by atoms with E-state index in [9.17, 15) is 0 Å². The predicted molar refractivity (Wildman–Crippen MR) is 64.2 cm³/mol. The van der Waals surface area contributed by atoms with Crippen molar-refractivity contribution in [2.75, 3.05) is 14.2 Å². The molecule has 0 amide bonds. The molecule has 0 aliphatic rings.